The van der Waals surface area contributed by atoms with E-state index in [0.717, 1.165) is 33.7 Å². The maximum atomic E-state index is 14.1. The Kier molecular flexibility index (Phi) is 8.21. The number of aromatic nitrogens is 2. The number of thiazole rings is 1. The van der Waals surface area contributed by atoms with Crippen molar-refractivity contribution in [2.24, 2.45) is 0 Å². The number of esters is 1. The second-order valence-corrected chi connectivity index (χ2v) is 11.9. The summed E-state index contributed by atoms with van der Waals surface area (Å²) in [6.07, 6.45) is -3.35. The van der Waals surface area contributed by atoms with Gasteiger partial charge >= 0.3 is 12.1 Å². The lowest BCUT2D eigenvalue weighted by Crippen LogP contribution is -2.49. The van der Waals surface area contributed by atoms with E-state index in [2.05, 4.69) is 9.97 Å². The second-order valence-electron chi connectivity index (χ2n) is 10.1. The van der Waals surface area contributed by atoms with Crippen LogP contribution < -0.4 is 14.9 Å². The molecular formula is C25H25F5N6O5S2. The molecule has 1 aromatic carbocycles. The quantitative estimate of drug-likeness (QED) is 0.213. The van der Waals surface area contributed by atoms with Crippen LogP contribution in [-0.4, -0.2) is 80.3 Å². The normalized spacial score (nSPS) is 20.1. The zero-order chi connectivity index (χ0) is 31.3. The van der Waals surface area contributed by atoms with Gasteiger partial charge in [-0.2, -0.15) is 13.2 Å². The number of nitrogens with zero attached hydrogens (tertiary/aromatic N) is 5. The third-order valence-electron chi connectivity index (χ3n) is 7.39. The third-order valence-corrected chi connectivity index (χ3v) is 9.35. The molecule has 18 heteroatoms. The molecule has 2 fully saturated rings. The number of likely N-dealkylation sites (tertiary alicyclic amines) is 1. The summed E-state index contributed by atoms with van der Waals surface area (Å²) in [4.78, 5) is 36.8. The minimum absolute atomic E-state index is 0.0247. The smallest absolute Gasteiger partial charge is 0.416 e. The largest absolute Gasteiger partial charge is 0.467 e. The topological polar surface area (TPSA) is 142 Å². The van der Waals surface area contributed by atoms with Gasteiger partial charge in [0.25, 0.3) is 17.2 Å². The molecule has 0 radical (unpaired) electrons. The van der Waals surface area contributed by atoms with Crippen LogP contribution in [0.3, 0.4) is 0 Å². The summed E-state index contributed by atoms with van der Waals surface area (Å²) in [6, 6.07) is 0.721. The fourth-order valence-corrected chi connectivity index (χ4v) is 7.16. The minimum Gasteiger partial charge on any atom is -0.467 e. The molecule has 2 aliphatic rings. The highest BCUT2D eigenvalue weighted by molar-refractivity contribution is 7.81. The maximum Gasteiger partial charge on any atom is 0.416 e. The van der Waals surface area contributed by atoms with Gasteiger partial charge in [-0.25, -0.2) is 32.1 Å². The van der Waals surface area contributed by atoms with Crippen molar-refractivity contribution in [3.8, 4) is 0 Å². The highest BCUT2D eigenvalue weighted by Gasteiger charge is 2.46. The van der Waals surface area contributed by atoms with Crippen molar-refractivity contribution in [3.63, 3.8) is 0 Å². The zero-order valence-electron chi connectivity index (χ0n) is 22.4. The van der Waals surface area contributed by atoms with E-state index in [4.69, 9.17) is 10.5 Å². The lowest BCUT2D eigenvalue weighted by atomic mass is 9.95. The fourth-order valence-electron chi connectivity index (χ4n) is 5.35. The Balaban J connectivity index is 1.44. The molecule has 11 nitrogen and oxygen atoms in total. The number of ether oxygens (including phenoxy) is 1. The number of nitrogen functional groups attached to an aromatic ring is 1. The van der Waals surface area contributed by atoms with Crippen molar-refractivity contribution in [3.05, 3.63) is 41.7 Å². The predicted molar refractivity (Wildman–Crippen MR) is 148 cm³/mol. The summed E-state index contributed by atoms with van der Waals surface area (Å²) in [6.45, 7) is -0.694. The Morgan fingerprint density at radius 3 is 2.70 bits per heavy atom. The van der Waals surface area contributed by atoms with Crippen molar-refractivity contribution < 1.29 is 45.0 Å². The standard InChI is InChI=1S/C25H25F5N6O5S2/c1-41-22(38)18(9-14-8-13-2-5-32-20(31)15(13)10-16(14)25(28,29)30)35-6-3-17(21(35)37)36(43(39)40)19-11-33-23(42-19)34-7-4-24(26,27)12-34/h2,5,8,10-11,17-18H,3-4,6-7,9,12H2,1H3,(H2,31,32)(H,39,40)/t17-,18+/m0/s1. The number of halogens is 5. The number of pyridine rings is 1. The number of amides is 1. The summed E-state index contributed by atoms with van der Waals surface area (Å²) in [7, 11) is 1.03. The summed E-state index contributed by atoms with van der Waals surface area (Å²) < 4.78 is 98.0. The zero-order valence-corrected chi connectivity index (χ0v) is 24.0. The van der Waals surface area contributed by atoms with Gasteiger partial charge in [-0.05, 0) is 29.5 Å². The molecule has 1 unspecified atom stereocenters. The van der Waals surface area contributed by atoms with E-state index in [-0.39, 0.29) is 52.8 Å². The molecule has 0 bridgehead atoms. The van der Waals surface area contributed by atoms with Crippen LogP contribution in [0.5, 0.6) is 0 Å². The monoisotopic (exact) mass is 648 g/mol. The average Bonchev–Trinajstić information content (AvgIpc) is 3.65. The van der Waals surface area contributed by atoms with E-state index in [1.807, 2.05) is 0 Å². The highest BCUT2D eigenvalue weighted by atomic mass is 32.2. The molecule has 3 aromatic rings. The molecule has 43 heavy (non-hydrogen) atoms. The summed E-state index contributed by atoms with van der Waals surface area (Å²) in [5.74, 6) is -4.80. The van der Waals surface area contributed by atoms with E-state index >= 15 is 0 Å². The number of hydrogen-bond acceptors (Lipinski definition) is 9. The number of nitrogens with two attached hydrogens (primary N) is 1. The van der Waals surface area contributed by atoms with Crippen LogP contribution in [-0.2, 0) is 38.2 Å². The average molecular weight is 649 g/mol. The van der Waals surface area contributed by atoms with Gasteiger partial charge in [-0.1, -0.05) is 17.4 Å². The molecule has 2 saturated heterocycles. The van der Waals surface area contributed by atoms with Crippen LogP contribution in [0.2, 0.25) is 0 Å². The SMILES string of the molecule is COC(=O)[C@@H](Cc1cc2ccnc(N)c2cc1C(F)(F)F)N1CC[C@H](N(c2cnc(N3CCC(F)(F)C3)s2)S(=O)O)C1=O. The van der Waals surface area contributed by atoms with Gasteiger partial charge in [0.1, 0.15) is 22.9 Å². The van der Waals surface area contributed by atoms with E-state index in [9.17, 15) is 40.3 Å². The number of benzene rings is 1. The van der Waals surface area contributed by atoms with E-state index in [0.29, 0.717) is 5.39 Å². The number of carbonyl (C=O) groups excluding carboxylic acids is 2. The molecular weight excluding hydrogens is 623 g/mol. The molecule has 2 aromatic heterocycles. The van der Waals surface area contributed by atoms with Gasteiger partial charge in [-0.3, -0.25) is 9.35 Å². The fraction of sp³-hybridized carbons (Fsp3) is 0.440. The summed E-state index contributed by atoms with van der Waals surface area (Å²) in [5, 5.41) is 0.613. The van der Waals surface area contributed by atoms with E-state index in [1.165, 1.54) is 29.4 Å². The number of carbonyl (C=O) groups is 2. The van der Waals surface area contributed by atoms with Crippen LogP contribution in [0.4, 0.5) is 37.9 Å². The Labute approximate surface area is 247 Å². The van der Waals surface area contributed by atoms with Gasteiger partial charge in [0.2, 0.25) is 5.91 Å². The first-order valence-corrected chi connectivity index (χ1v) is 14.7. The Hall–Kier alpha value is -3.64. The van der Waals surface area contributed by atoms with Gasteiger partial charge in [0, 0.05) is 37.5 Å². The molecule has 3 N–H and O–H groups in total. The summed E-state index contributed by atoms with van der Waals surface area (Å²) in [5.41, 5.74) is 4.41. The van der Waals surface area contributed by atoms with Crippen LogP contribution in [0.15, 0.2) is 30.6 Å². The number of fused-ring (bicyclic) bond motifs is 1. The van der Waals surface area contributed by atoms with Crippen LogP contribution in [0.1, 0.15) is 24.0 Å². The van der Waals surface area contributed by atoms with Crippen molar-refractivity contribution in [2.45, 2.75) is 43.4 Å². The molecule has 232 valence electrons. The Morgan fingerprint density at radius 1 is 1.33 bits per heavy atom. The van der Waals surface area contributed by atoms with Crippen molar-refractivity contribution >= 4 is 61.2 Å². The number of rotatable bonds is 8. The lowest BCUT2D eigenvalue weighted by molar-refractivity contribution is -0.151. The molecule has 5 rings (SSSR count). The Bertz CT molecular complexity index is 1590. The van der Waals surface area contributed by atoms with Gasteiger partial charge in [0.15, 0.2) is 5.13 Å². The number of methoxy groups -OCH3 is 1. The van der Waals surface area contributed by atoms with Gasteiger partial charge < -0.3 is 20.3 Å². The molecule has 2 aliphatic heterocycles. The molecule has 0 spiro atoms. The minimum atomic E-state index is -4.84. The molecule has 3 atom stereocenters. The molecule has 4 heterocycles. The summed E-state index contributed by atoms with van der Waals surface area (Å²) >= 11 is -1.94. The molecule has 0 aliphatic carbocycles. The van der Waals surface area contributed by atoms with Gasteiger partial charge in [-0.15, -0.1) is 0 Å². The van der Waals surface area contributed by atoms with Crippen LogP contribution in [0, 0.1) is 0 Å². The lowest BCUT2D eigenvalue weighted by Gasteiger charge is -2.29. The first kappa shape index (κ1) is 30.8. The van der Waals surface area contributed by atoms with E-state index < -0.39 is 65.9 Å². The van der Waals surface area contributed by atoms with Crippen molar-refractivity contribution in [1.82, 2.24) is 14.9 Å². The highest BCUT2D eigenvalue weighted by Crippen LogP contribution is 2.39. The predicted octanol–water partition coefficient (Wildman–Crippen LogP) is 3.47. The maximum absolute atomic E-state index is 14.1. The molecule has 1 amide bonds. The Morgan fingerprint density at radius 2 is 2.07 bits per heavy atom. The van der Waals surface area contributed by atoms with Crippen LogP contribution >= 0.6 is 11.3 Å². The molecule has 0 saturated carbocycles. The van der Waals surface area contributed by atoms with Crippen molar-refractivity contribution in [1.29, 1.82) is 0 Å². The first-order valence-electron chi connectivity index (χ1n) is 12.8. The number of anilines is 3. The van der Waals surface area contributed by atoms with Crippen LogP contribution in [0.25, 0.3) is 10.8 Å². The first-order chi connectivity index (χ1) is 20.2. The van der Waals surface area contributed by atoms with Gasteiger partial charge in [0.05, 0.1) is 25.4 Å². The number of alkyl halides is 5. The van der Waals surface area contributed by atoms with E-state index in [1.54, 1.807) is 0 Å². The third kappa shape index (κ3) is 6.08. The van der Waals surface area contributed by atoms with Crippen molar-refractivity contribution in [2.75, 3.05) is 41.7 Å². The number of hydrogen-bond donors (Lipinski definition) is 2. The second kappa shape index (κ2) is 11.5.